The van der Waals surface area contributed by atoms with Crippen LogP contribution in [0.3, 0.4) is 0 Å². The third-order valence-corrected chi connectivity index (χ3v) is 6.23. The number of carbonyl (C=O) groups is 1. The van der Waals surface area contributed by atoms with Gasteiger partial charge in [0, 0.05) is 50.4 Å². The highest BCUT2D eigenvalue weighted by atomic mass is 16.3. The minimum Gasteiger partial charge on any atom is -0.392 e. The Bertz CT molecular complexity index is 678. The predicted molar refractivity (Wildman–Crippen MR) is 99.7 cm³/mol. The molecule has 26 heavy (non-hydrogen) atoms. The molecule has 0 aromatic carbocycles. The molecular formula is C20H28N4O2. The van der Waals surface area contributed by atoms with Crippen LogP contribution in [0.2, 0.25) is 0 Å². The van der Waals surface area contributed by atoms with E-state index in [9.17, 15) is 9.90 Å². The molecule has 0 bridgehead atoms. The molecule has 0 saturated carbocycles. The molecule has 3 heterocycles. The van der Waals surface area contributed by atoms with Crippen molar-refractivity contribution in [2.24, 2.45) is 5.41 Å². The average Bonchev–Trinajstić information content (AvgIpc) is 3.18. The summed E-state index contributed by atoms with van der Waals surface area (Å²) in [5, 5.41) is 10.8. The van der Waals surface area contributed by atoms with Crippen LogP contribution in [0, 0.1) is 5.41 Å². The first-order valence-electron chi connectivity index (χ1n) is 9.81. The highest BCUT2D eigenvalue weighted by Gasteiger charge is 2.46. The summed E-state index contributed by atoms with van der Waals surface area (Å²) in [6.07, 6.45) is 13.6. The van der Waals surface area contributed by atoms with Gasteiger partial charge in [0.05, 0.1) is 12.3 Å². The number of carbonyl (C=O) groups excluding carboxylic acids is 1. The molecule has 1 N–H and O–H groups in total. The van der Waals surface area contributed by atoms with Gasteiger partial charge in [-0.2, -0.15) is 0 Å². The number of hydrogen-bond donors (Lipinski definition) is 1. The maximum Gasteiger partial charge on any atom is 0.226 e. The van der Waals surface area contributed by atoms with Crippen molar-refractivity contribution in [3.05, 3.63) is 30.2 Å². The zero-order valence-corrected chi connectivity index (χ0v) is 15.3. The monoisotopic (exact) mass is 356 g/mol. The number of aliphatic hydroxyl groups excluding tert-OH is 1. The molecule has 6 nitrogen and oxygen atoms in total. The maximum absolute atomic E-state index is 12.8. The molecule has 4 rings (SSSR count). The topological polar surface area (TPSA) is 69.6 Å². The Morgan fingerprint density at radius 1 is 1.27 bits per heavy atom. The molecule has 1 amide bonds. The fourth-order valence-corrected chi connectivity index (χ4v) is 4.78. The van der Waals surface area contributed by atoms with E-state index in [1.807, 2.05) is 4.90 Å². The summed E-state index contributed by atoms with van der Waals surface area (Å²) in [5.74, 6) is 1.08. The van der Waals surface area contributed by atoms with Crippen LogP contribution in [0.1, 0.15) is 44.9 Å². The van der Waals surface area contributed by atoms with Gasteiger partial charge in [-0.3, -0.25) is 9.78 Å². The highest BCUT2D eigenvalue weighted by Crippen LogP contribution is 2.40. The van der Waals surface area contributed by atoms with Crippen LogP contribution in [-0.4, -0.2) is 58.2 Å². The van der Waals surface area contributed by atoms with E-state index in [1.165, 1.54) is 12.0 Å². The van der Waals surface area contributed by atoms with Crippen molar-refractivity contribution in [3.8, 4) is 0 Å². The minimum atomic E-state index is -0.364. The normalized spacial score (nSPS) is 29.1. The number of nitrogens with zero attached hydrogens (tertiary/aromatic N) is 4. The van der Waals surface area contributed by atoms with E-state index < -0.39 is 0 Å². The van der Waals surface area contributed by atoms with E-state index in [0.717, 1.165) is 51.1 Å². The quantitative estimate of drug-likeness (QED) is 0.841. The number of piperidine rings is 2. The van der Waals surface area contributed by atoms with Gasteiger partial charge in [-0.1, -0.05) is 11.6 Å². The second-order valence-corrected chi connectivity index (χ2v) is 8.00. The van der Waals surface area contributed by atoms with Crippen molar-refractivity contribution in [2.75, 3.05) is 31.1 Å². The zero-order chi connectivity index (χ0) is 18.0. The maximum atomic E-state index is 12.8. The van der Waals surface area contributed by atoms with Crippen LogP contribution in [0.15, 0.2) is 30.2 Å². The molecule has 3 aliphatic rings. The predicted octanol–water partition coefficient (Wildman–Crippen LogP) is 2.16. The summed E-state index contributed by atoms with van der Waals surface area (Å²) in [7, 11) is 0. The molecule has 1 aliphatic carbocycles. The van der Waals surface area contributed by atoms with Crippen LogP contribution >= 0.6 is 0 Å². The van der Waals surface area contributed by atoms with Crippen LogP contribution in [0.4, 0.5) is 5.82 Å². The molecule has 6 heteroatoms. The number of aromatic nitrogens is 2. The zero-order valence-electron chi connectivity index (χ0n) is 15.3. The molecule has 0 radical (unpaired) electrons. The molecular weight excluding hydrogens is 328 g/mol. The van der Waals surface area contributed by atoms with Gasteiger partial charge in [0.25, 0.3) is 0 Å². The first-order valence-corrected chi connectivity index (χ1v) is 9.81. The van der Waals surface area contributed by atoms with Gasteiger partial charge >= 0.3 is 0 Å². The van der Waals surface area contributed by atoms with Crippen LogP contribution < -0.4 is 4.90 Å². The SMILES string of the molecule is O=C(CC1=CCCC1)N1CCC[C@]2(C1)CN(c1cnccn1)CC[C@H]2O. The number of allylic oxidation sites excluding steroid dienone is 1. The summed E-state index contributed by atoms with van der Waals surface area (Å²) < 4.78 is 0. The van der Waals surface area contributed by atoms with E-state index in [0.29, 0.717) is 19.4 Å². The van der Waals surface area contributed by atoms with E-state index in [4.69, 9.17) is 0 Å². The van der Waals surface area contributed by atoms with E-state index in [2.05, 4.69) is 20.9 Å². The Hall–Kier alpha value is -1.95. The van der Waals surface area contributed by atoms with Gasteiger partial charge in [0.2, 0.25) is 5.91 Å². The molecule has 2 aliphatic heterocycles. The summed E-state index contributed by atoms with van der Waals surface area (Å²) in [6.45, 7) is 2.98. The minimum absolute atomic E-state index is 0.223. The van der Waals surface area contributed by atoms with Gasteiger partial charge in [-0.15, -0.1) is 0 Å². The molecule has 140 valence electrons. The van der Waals surface area contributed by atoms with Crippen molar-refractivity contribution in [3.63, 3.8) is 0 Å². The van der Waals surface area contributed by atoms with E-state index in [-0.39, 0.29) is 17.4 Å². The molecule has 0 unspecified atom stereocenters. The van der Waals surface area contributed by atoms with Crippen LogP contribution in [0.25, 0.3) is 0 Å². The average molecular weight is 356 g/mol. The van der Waals surface area contributed by atoms with E-state index >= 15 is 0 Å². The Kier molecular flexibility index (Phi) is 4.94. The highest BCUT2D eigenvalue weighted by molar-refractivity contribution is 5.79. The summed E-state index contributed by atoms with van der Waals surface area (Å²) in [5.41, 5.74) is 1.04. The third-order valence-electron chi connectivity index (χ3n) is 6.23. The van der Waals surface area contributed by atoms with Gasteiger partial charge in [-0.05, 0) is 38.5 Å². The Balaban J connectivity index is 1.47. The van der Waals surface area contributed by atoms with Gasteiger partial charge in [-0.25, -0.2) is 4.98 Å². The molecule has 1 aromatic heterocycles. The Labute approximate surface area is 154 Å². The number of aliphatic hydroxyl groups is 1. The fourth-order valence-electron chi connectivity index (χ4n) is 4.78. The van der Waals surface area contributed by atoms with Gasteiger partial charge < -0.3 is 14.9 Å². The lowest BCUT2D eigenvalue weighted by molar-refractivity contribution is -0.137. The van der Waals surface area contributed by atoms with Crippen molar-refractivity contribution < 1.29 is 9.90 Å². The number of rotatable bonds is 3. The molecule has 1 aromatic rings. The molecule has 2 atom stereocenters. The lowest BCUT2D eigenvalue weighted by atomic mass is 9.71. The number of hydrogen-bond acceptors (Lipinski definition) is 5. The second-order valence-electron chi connectivity index (χ2n) is 8.00. The smallest absolute Gasteiger partial charge is 0.226 e. The molecule has 2 fully saturated rings. The number of anilines is 1. The standard InChI is InChI=1S/C20H28N4O2/c25-17-6-11-23(18-13-21-8-9-22-18)14-20(17)7-3-10-24(15-20)19(26)12-16-4-1-2-5-16/h4,8-9,13,17,25H,1-3,5-7,10-12,14-15H2/t17-,20-/m1/s1. The van der Waals surface area contributed by atoms with Crippen molar-refractivity contribution in [1.29, 1.82) is 0 Å². The van der Waals surface area contributed by atoms with Crippen molar-refractivity contribution >= 4 is 11.7 Å². The van der Waals surface area contributed by atoms with Crippen molar-refractivity contribution in [2.45, 2.75) is 51.0 Å². The van der Waals surface area contributed by atoms with Gasteiger partial charge in [0.15, 0.2) is 0 Å². The number of likely N-dealkylation sites (tertiary alicyclic amines) is 1. The Morgan fingerprint density at radius 2 is 2.19 bits per heavy atom. The molecule has 2 saturated heterocycles. The second kappa shape index (κ2) is 7.35. The van der Waals surface area contributed by atoms with Crippen LogP contribution in [0.5, 0.6) is 0 Å². The molecule has 1 spiro atoms. The number of amides is 1. The van der Waals surface area contributed by atoms with Crippen molar-refractivity contribution in [1.82, 2.24) is 14.9 Å². The first-order chi connectivity index (χ1) is 12.7. The summed E-state index contributed by atoms with van der Waals surface area (Å²) in [6, 6.07) is 0. The third kappa shape index (κ3) is 3.47. The van der Waals surface area contributed by atoms with E-state index in [1.54, 1.807) is 18.6 Å². The summed E-state index contributed by atoms with van der Waals surface area (Å²) in [4.78, 5) is 25.6. The fraction of sp³-hybridized carbons (Fsp3) is 0.650. The summed E-state index contributed by atoms with van der Waals surface area (Å²) >= 11 is 0. The van der Waals surface area contributed by atoms with Gasteiger partial charge in [0.1, 0.15) is 5.82 Å². The first kappa shape index (κ1) is 17.5. The Morgan fingerprint density at radius 3 is 2.96 bits per heavy atom. The lowest BCUT2D eigenvalue weighted by Gasteiger charge is -2.51. The largest absolute Gasteiger partial charge is 0.392 e. The van der Waals surface area contributed by atoms with Crippen LogP contribution in [-0.2, 0) is 4.79 Å². The lowest BCUT2D eigenvalue weighted by Crippen LogP contribution is -2.60.